The van der Waals surface area contributed by atoms with Gasteiger partial charge < -0.3 is 0 Å². The monoisotopic (exact) mass is 236 g/mol. The highest BCUT2D eigenvalue weighted by Gasteiger charge is 2.40. The number of hydrazine groups is 1. The zero-order valence-corrected chi connectivity index (χ0v) is 10.1. The molecule has 0 radical (unpaired) electrons. The van der Waals surface area contributed by atoms with Crippen LogP contribution in [0.15, 0.2) is 0 Å². The summed E-state index contributed by atoms with van der Waals surface area (Å²) in [6.07, 6.45) is 7.73. The van der Waals surface area contributed by atoms with Crippen LogP contribution in [0.1, 0.15) is 44.9 Å². The topological polar surface area (TPSA) is 58.2 Å². The Bertz CT molecular complexity index is 338. The summed E-state index contributed by atoms with van der Waals surface area (Å²) >= 11 is 0. The van der Waals surface area contributed by atoms with Crippen molar-refractivity contribution in [2.24, 2.45) is 23.7 Å². The van der Waals surface area contributed by atoms with Crippen molar-refractivity contribution < 1.29 is 9.59 Å². The third-order valence-corrected chi connectivity index (χ3v) is 4.61. The molecule has 3 aliphatic carbocycles. The van der Waals surface area contributed by atoms with Gasteiger partial charge in [-0.2, -0.15) is 0 Å². The molecule has 3 fully saturated rings. The predicted molar refractivity (Wildman–Crippen MR) is 62.6 cm³/mol. The van der Waals surface area contributed by atoms with Crippen molar-refractivity contribution in [2.75, 3.05) is 0 Å². The van der Waals surface area contributed by atoms with Gasteiger partial charge in [0.1, 0.15) is 0 Å². The fourth-order valence-corrected chi connectivity index (χ4v) is 3.49. The summed E-state index contributed by atoms with van der Waals surface area (Å²) in [6.45, 7) is 0. The Hall–Kier alpha value is -1.06. The molecule has 0 aliphatic heterocycles. The molecule has 0 unspecified atom stereocenters. The molecule has 2 N–H and O–H groups in total. The van der Waals surface area contributed by atoms with E-state index in [1.807, 2.05) is 0 Å². The molecule has 0 heterocycles. The summed E-state index contributed by atoms with van der Waals surface area (Å²) in [5, 5.41) is 0. The molecule has 4 nitrogen and oxygen atoms in total. The van der Waals surface area contributed by atoms with Gasteiger partial charge in [-0.25, -0.2) is 0 Å². The van der Waals surface area contributed by atoms with E-state index in [-0.39, 0.29) is 17.7 Å². The number of carbonyl (C=O) groups is 2. The first-order valence-corrected chi connectivity index (χ1v) is 6.81. The summed E-state index contributed by atoms with van der Waals surface area (Å²) in [5.41, 5.74) is 5.08. The van der Waals surface area contributed by atoms with Gasteiger partial charge in [0, 0.05) is 12.3 Å². The second kappa shape index (κ2) is 4.31. The number of rotatable bonds is 3. The van der Waals surface area contributed by atoms with Gasteiger partial charge in [-0.05, 0) is 49.9 Å². The highest BCUT2D eigenvalue weighted by molar-refractivity contribution is 5.84. The van der Waals surface area contributed by atoms with E-state index in [1.54, 1.807) is 0 Å². The molecular weight excluding hydrogens is 216 g/mol. The van der Waals surface area contributed by atoms with Gasteiger partial charge in [0.25, 0.3) is 0 Å². The highest BCUT2D eigenvalue weighted by atomic mass is 16.2. The van der Waals surface area contributed by atoms with Gasteiger partial charge in [-0.15, -0.1) is 0 Å². The van der Waals surface area contributed by atoms with E-state index in [1.165, 1.54) is 25.7 Å². The van der Waals surface area contributed by atoms with Crippen LogP contribution in [0.5, 0.6) is 0 Å². The van der Waals surface area contributed by atoms with E-state index in [4.69, 9.17) is 0 Å². The molecule has 94 valence electrons. The van der Waals surface area contributed by atoms with E-state index < -0.39 is 0 Å². The Morgan fingerprint density at radius 1 is 1.00 bits per heavy atom. The molecule has 3 aliphatic rings. The van der Waals surface area contributed by atoms with Crippen LogP contribution in [0.3, 0.4) is 0 Å². The molecule has 0 aromatic carbocycles. The van der Waals surface area contributed by atoms with Crippen LogP contribution >= 0.6 is 0 Å². The molecule has 0 aromatic heterocycles. The van der Waals surface area contributed by atoms with E-state index in [0.717, 1.165) is 24.7 Å². The van der Waals surface area contributed by atoms with Crippen LogP contribution in [0, 0.1) is 23.7 Å². The smallest absolute Gasteiger partial charge is 0.241 e. The van der Waals surface area contributed by atoms with Crippen LogP contribution in [0.25, 0.3) is 0 Å². The van der Waals surface area contributed by atoms with E-state index >= 15 is 0 Å². The van der Waals surface area contributed by atoms with E-state index in [9.17, 15) is 9.59 Å². The Morgan fingerprint density at radius 3 is 2.41 bits per heavy atom. The van der Waals surface area contributed by atoms with E-state index in [0.29, 0.717) is 12.3 Å². The lowest BCUT2D eigenvalue weighted by molar-refractivity contribution is -0.130. The second-order valence-corrected chi connectivity index (χ2v) is 5.95. The van der Waals surface area contributed by atoms with Crippen molar-refractivity contribution in [2.45, 2.75) is 44.9 Å². The van der Waals surface area contributed by atoms with Crippen LogP contribution in [0.2, 0.25) is 0 Å². The summed E-state index contributed by atoms with van der Waals surface area (Å²) in [7, 11) is 0. The molecular formula is C13H20N2O2. The maximum Gasteiger partial charge on any atom is 0.241 e. The Balaban J connectivity index is 1.39. The zero-order chi connectivity index (χ0) is 11.8. The SMILES string of the molecule is O=C(C[C@@H]1C[C@@H]2CC[C@H]1C2)NNC(=O)C1CC1. The first-order chi connectivity index (χ1) is 8.22. The zero-order valence-electron chi connectivity index (χ0n) is 10.1. The van der Waals surface area contributed by atoms with Gasteiger partial charge in [0.15, 0.2) is 0 Å². The molecule has 2 bridgehead atoms. The molecule has 2 amide bonds. The minimum atomic E-state index is -0.0220. The summed E-state index contributed by atoms with van der Waals surface area (Å²) in [6, 6.07) is 0. The van der Waals surface area contributed by atoms with Crippen molar-refractivity contribution in [3.8, 4) is 0 Å². The molecule has 17 heavy (non-hydrogen) atoms. The third-order valence-electron chi connectivity index (χ3n) is 4.61. The Labute approximate surface area is 101 Å². The Morgan fingerprint density at radius 2 is 1.82 bits per heavy atom. The molecule has 3 rings (SSSR count). The fraction of sp³-hybridized carbons (Fsp3) is 0.846. The standard InChI is InChI=1S/C13H20N2O2/c16-12(14-15-13(17)9-3-4-9)7-11-6-8-1-2-10(11)5-8/h8-11H,1-7H2,(H,14,16)(H,15,17)/t8-,10+,11+/m1/s1. The average molecular weight is 236 g/mol. The predicted octanol–water partition coefficient (Wildman–Crippen LogP) is 1.37. The lowest BCUT2D eigenvalue weighted by Crippen LogP contribution is -2.43. The number of hydrogen-bond donors (Lipinski definition) is 2. The van der Waals surface area contributed by atoms with Crippen molar-refractivity contribution in [3.05, 3.63) is 0 Å². The van der Waals surface area contributed by atoms with Gasteiger partial charge in [0.05, 0.1) is 0 Å². The van der Waals surface area contributed by atoms with Crippen molar-refractivity contribution >= 4 is 11.8 Å². The van der Waals surface area contributed by atoms with Crippen molar-refractivity contribution in [3.63, 3.8) is 0 Å². The van der Waals surface area contributed by atoms with Crippen LogP contribution in [-0.4, -0.2) is 11.8 Å². The average Bonchev–Trinajstić information content (AvgIpc) is 2.97. The highest BCUT2D eigenvalue weighted by Crippen LogP contribution is 2.49. The van der Waals surface area contributed by atoms with Gasteiger partial charge in [-0.1, -0.05) is 6.42 Å². The number of amides is 2. The summed E-state index contributed by atoms with van der Waals surface area (Å²) < 4.78 is 0. The van der Waals surface area contributed by atoms with Crippen LogP contribution in [-0.2, 0) is 9.59 Å². The third kappa shape index (κ3) is 2.45. The lowest BCUT2D eigenvalue weighted by Gasteiger charge is -2.20. The lowest BCUT2D eigenvalue weighted by atomic mass is 9.86. The van der Waals surface area contributed by atoms with Gasteiger partial charge in [0.2, 0.25) is 11.8 Å². The number of fused-ring (bicyclic) bond motifs is 2. The molecule has 4 heteroatoms. The normalized spacial score (nSPS) is 34.7. The maximum atomic E-state index is 11.7. The summed E-state index contributed by atoms with van der Waals surface area (Å²) in [4.78, 5) is 23.0. The molecule has 0 aromatic rings. The van der Waals surface area contributed by atoms with Crippen LogP contribution < -0.4 is 10.9 Å². The summed E-state index contributed by atoms with van der Waals surface area (Å²) in [5.74, 6) is 2.32. The number of hydrogen-bond acceptors (Lipinski definition) is 2. The molecule has 0 spiro atoms. The fourth-order valence-electron chi connectivity index (χ4n) is 3.49. The van der Waals surface area contributed by atoms with E-state index in [2.05, 4.69) is 10.9 Å². The van der Waals surface area contributed by atoms with Gasteiger partial charge in [-0.3, -0.25) is 20.4 Å². The quantitative estimate of drug-likeness (QED) is 0.727. The van der Waals surface area contributed by atoms with Crippen molar-refractivity contribution in [1.29, 1.82) is 0 Å². The number of nitrogens with one attached hydrogen (secondary N) is 2. The molecule has 3 atom stereocenters. The minimum absolute atomic E-state index is 0.0171. The molecule has 3 saturated carbocycles. The largest absolute Gasteiger partial charge is 0.273 e. The second-order valence-electron chi connectivity index (χ2n) is 5.95. The number of carbonyl (C=O) groups excluding carboxylic acids is 2. The minimum Gasteiger partial charge on any atom is -0.273 e. The molecule has 0 saturated heterocycles. The van der Waals surface area contributed by atoms with Crippen molar-refractivity contribution in [1.82, 2.24) is 10.9 Å². The Kier molecular flexibility index (Phi) is 2.81. The maximum absolute atomic E-state index is 11.7. The first-order valence-electron chi connectivity index (χ1n) is 6.81. The van der Waals surface area contributed by atoms with Crippen LogP contribution in [0.4, 0.5) is 0 Å². The first kappa shape index (κ1) is 11.1. The van der Waals surface area contributed by atoms with Gasteiger partial charge >= 0.3 is 0 Å².